The van der Waals surface area contributed by atoms with Crippen molar-refractivity contribution in [2.75, 3.05) is 7.11 Å². The number of nitriles is 1. The lowest BCUT2D eigenvalue weighted by molar-refractivity contribution is 0.412. The molecular formula is C23H16FN3O. The summed E-state index contributed by atoms with van der Waals surface area (Å²) in [5, 5.41) is 13.8. The summed E-state index contributed by atoms with van der Waals surface area (Å²) in [4.78, 5) is 0. The van der Waals surface area contributed by atoms with Crippen LogP contribution in [0.2, 0.25) is 0 Å². The maximum absolute atomic E-state index is 13.4. The molecule has 0 aliphatic rings. The first-order valence-electron chi connectivity index (χ1n) is 8.69. The second-order valence-electron chi connectivity index (χ2n) is 6.19. The Hall–Kier alpha value is -3.91. The van der Waals surface area contributed by atoms with Gasteiger partial charge in [0.15, 0.2) is 0 Å². The first-order chi connectivity index (χ1) is 13.7. The minimum absolute atomic E-state index is 0.292. The van der Waals surface area contributed by atoms with E-state index in [2.05, 4.69) is 6.07 Å². The van der Waals surface area contributed by atoms with Crippen molar-refractivity contribution < 1.29 is 9.13 Å². The lowest BCUT2D eigenvalue weighted by atomic mass is 10.1. The van der Waals surface area contributed by atoms with Crippen LogP contribution in [0.15, 0.2) is 78.9 Å². The molecule has 0 spiro atoms. The summed E-state index contributed by atoms with van der Waals surface area (Å²) in [6.45, 7) is 0. The molecule has 0 aliphatic carbocycles. The van der Waals surface area contributed by atoms with Gasteiger partial charge in [-0.25, -0.2) is 9.07 Å². The van der Waals surface area contributed by atoms with Crippen molar-refractivity contribution in [3.63, 3.8) is 0 Å². The van der Waals surface area contributed by atoms with Gasteiger partial charge < -0.3 is 4.74 Å². The predicted octanol–water partition coefficient (Wildman–Crippen LogP) is 5.23. The third-order valence-electron chi connectivity index (χ3n) is 4.47. The molecule has 0 radical (unpaired) electrons. The molecule has 0 atom stereocenters. The van der Waals surface area contributed by atoms with Gasteiger partial charge in [0.2, 0.25) is 0 Å². The topological polar surface area (TPSA) is 50.8 Å². The molecule has 0 amide bonds. The number of benzene rings is 3. The van der Waals surface area contributed by atoms with Crippen molar-refractivity contribution in [2.24, 2.45) is 0 Å². The number of methoxy groups -OCH3 is 1. The summed E-state index contributed by atoms with van der Waals surface area (Å²) in [5.74, 6) is 0.389. The van der Waals surface area contributed by atoms with Crippen LogP contribution < -0.4 is 4.74 Å². The highest BCUT2D eigenvalue weighted by Gasteiger charge is 2.16. The third-order valence-corrected chi connectivity index (χ3v) is 4.47. The van der Waals surface area contributed by atoms with Crippen LogP contribution in [0.5, 0.6) is 5.75 Å². The van der Waals surface area contributed by atoms with Gasteiger partial charge in [0.1, 0.15) is 17.3 Å². The lowest BCUT2D eigenvalue weighted by Crippen LogP contribution is -2.02. The Morgan fingerprint density at radius 1 is 0.929 bits per heavy atom. The summed E-state index contributed by atoms with van der Waals surface area (Å²) in [6.07, 6.45) is 0. The number of para-hydroxylation sites is 2. The smallest absolute Gasteiger partial charge is 0.144 e. The number of halogens is 1. The molecule has 4 rings (SSSR count). The first kappa shape index (κ1) is 17.5. The van der Waals surface area contributed by atoms with E-state index in [1.54, 1.807) is 36.1 Å². The van der Waals surface area contributed by atoms with E-state index in [0.29, 0.717) is 11.3 Å². The molecule has 5 heteroatoms. The molecule has 0 unspecified atom stereocenters. The molecular weight excluding hydrogens is 353 g/mol. The maximum atomic E-state index is 13.4. The van der Waals surface area contributed by atoms with Gasteiger partial charge in [-0.3, -0.25) is 0 Å². The average molecular weight is 369 g/mol. The zero-order chi connectivity index (χ0) is 19.5. The fourth-order valence-electron chi connectivity index (χ4n) is 3.05. The Labute approximate surface area is 162 Å². The molecule has 3 aromatic carbocycles. The van der Waals surface area contributed by atoms with Crippen molar-refractivity contribution in [2.45, 2.75) is 0 Å². The van der Waals surface area contributed by atoms with Gasteiger partial charge in [-0.05, 0) is 54.6 Å². The highest BCUT2D eigenvalue weighted by molar-refractivity contribution is 5.71. The maximum Gasteiger partial charge on any atom is 0.144 e. The fourth-order valence-corrected chi connectivity index (χ4v) is 3.05. The summed E-state index contributed by atoms with van der Waals surface area (Å²) in [5.41, 5.74) is 4.64. The van der Waals surface area contributed by atoms with E-state index in [1.807, 2.05) is 42.5 Å². The molecule has 0 saturated carbocycles. The minimum atomic E-state index is -0.292. The average Bonchev–Trinajstić information content (AvgIpc) is 3.19. The van der Waals surface area contributed by atoms with Crippen LogP contribution in [-0.2, 0) is 0 Å². The molecule has 4 aromatic rings. The lowest BCUT2D eigenvalue weighted by Gasteiger charge is -2.11. The second kappa shape index (κ2) is 7.37. The Bertz CT molecular complexity index is 1160. The summed E-state index contributed by atoms with van der Waals surface area (Å²) >= 11 is 0. The number of aromatic nitrogens is 2. The van der Waals surface area contributed by atoms with Gasteiger partial charge >= 0.3 is 0 Å². The summed E-state index contributed by atoms with van der Waals surface area (Å²) in [6, 6.07) is 25.2. The predicted molar refractivity (Wildman–Crippen MR) is 106 cm³/mol. The van der Waals surface area contributed by atoms with Crippen LogP contribution in [0.3, 0.4) is 0 Å². The minimum Gasteiger partial charge on any atom is -0.494 e. The second-order valence-corrected chi connectivity index (χ2v) is 6.19. The van der Waals surface area contributed by atoms with E-state index in [9.17, 15) is 4.39 Å². The molecule has 0 aliphatic heterocycles. The van der Waals surface area contributed by atoms with Crippen LogP contribution in [0.1, 0.15) is 5.56 Å². The van der Waals surface area contributed by atoms with Gasteiger partial charge in [0.05, 0.1) is 30.1 Å². The van der Waals surface area contributed by atoms with Crippen molar-refractivity contribution in [1.29, 1.82) is 5.26 Å². The monoisotopic (exact) mass is 369 g/mol. The van der Waals surface area contributed by atoms with Crippen LogP contribution in [0.4, 0.5) is 4.39 Å². The Balaban J connectivity index is 1.91. The summed E-state index contributed by atoms with van der Waals surface area (Å²) < 4.78 is 20.7. The van der Waals surface area contributed by atoms with E-state index in [0.717, 1.165) is 28.2 Å². The molecule has 28 heavy (non-hydrogen) atoms. The van der Waals surface area contributed by atoms with Gasteiger partial charge in [-0.15, -0.1) is 0 Å². The van der Waals surface area contributed by atoms with E-state index < -0.39 is 0 Å². The number of nitrogens with zero attached hydrogens (tertiary/aromatic N) is 3. The molecule has 136 valence electrons. The van der Waals surface area contributed by atoms with Crippen LogP contribution in [0, 0.1) is 17.1 Å². The van der Waals surface area contributed by atoms with Crippen LogP contribution in [0.25, 0.3) is 28.2 Å². The zero-order valence-electron chi connectivity index (χ0n) is 15.1. The normalized spacial score (nSPS) is 10.5. The van der Waals surface area contributed by atoms with Crippen molar-refractivity contribution in [1.82, 2.24) is 9.78 Å². The van der Waals surface area contributed by atoms with E-state index in [1.165, 1.54) is 12.1 Å². The third kappa shape index (κ3) is 3.24. The van der Waals surface area contributed by atoms with Gasteiger partial charge in [-0.2, -0.15) is 10.4 Å². The van der Waals surface area contributed by atoms with Gasteiger partial charge in [0.25, 0.3) is 0 Å². The standard InChI is InChI=1S/C23H16FN3O/c1-28-23-5-3-2-4-21(23)27-22(18-10-12-19(24)13-11-18)14-20(26-27)17-8-6-16(15-25)7-9-17/h2-14H,1H3. The zero-order valence-corrected chi connectivity index (χ0v) is 15.1. The number of hydrogen-bond donors (Lipinski definition) is 0. The Morgan fingerprint density at radius 2 is 1.61 bits per heavy atom. The quantitative estimate of drug-likeness (QED) is 0.495. The number of rotatable bonds is 4. The largest absolute Gasteiger partial charge is 0.494 e. The molecule has 1 heterocycles. The molecule has 0 bridgehead atoms. The number of hydrogen-bond acceptors (Lipinski definition) is 3. The summed E-state index contributed by atoms with van der Waals surface area (Å²) in [7, 11) is 1.61. The van der Waals surface area contributed by atoms with Crippen LogP contribution >= 0.6 is 0 Å². The van der Waals surface area contributed by atoms with Crippen molar-refractivity contribution >= 4 is 0 Å². The van der Waals surface area contributed by atoms with Gasteiger partial charge in [-0.1, -0.05) is 24.3 Å². The van der Waals surface area contributed by atoms with Crippen molar-refractivity contribution in [3.05, 3.63) is 90.2 Å². The van der Waals surface area contributed by atoms with Crippen molar-refractivity contribution in [3.8, 4) is 40.0 Å². The van der Waals surface area contributed by atoms with E-state index >= 15 is 0 Å². The first-order valence-corrected chi connectivity index (χ1v) is 8.69. The molecule has 1 aromatic heterocycles. The Kier molecular flexibility index (Phi) is 4.61. The molecule has 4 nitrogen and oxygen atoms in total. The Morgan fingerprint density at radius 3 is 2.29 bits per heavy atom. The highest BCUT2D eigenvalue weighted by atomic mass is 19.1. The van der Waals surface area contributed by atoms with E-state index in [-0.39, 0.29) is 5.82 Å². The fraction of sp³-hybridized carbons (Fsp3) is 0.0435. The molecule has 0 fully saturated rings. The van der Waals surface area contributed by atoms with E-state index in [4.69, 9.17) is 15.1 Å². The number of ether oxygens (including phenoxy) is 1. The molecule has 0 N–H and O–H groups in total. The molecule has 0 saturated heterocycles. The van der Waals surface area contributed by atoms with Gasteiger partial charge in [0, 0.05) is 11.1 Å². The highest BCUT2D eigenvalue weighted by Crippen LogP contribution is 2.32. The van der Waals surface area contributed by atoms with Crippen LogP contribution in [-0.4, -0.2) is 16.9 Å². The SMILES string of the molecule is COc1ccccc1-n1nc(-c2ccc(C#N)cc2)cc1-c1ccc(F)cc1.